The molecule has 0 aliphatic carbocycles. The van der Waals surface area contributed by atoms with Crippen LogP contribution >= 0.6 is 11.8 Å². The zero-order valence-electron chi connectivity index (χ0n) is 17.2. The number of hydrogen-bond donors (Lipinski definition) is 0. The Hall–Kier alpha value is -1.23. The fourth-order valence-corrected chi connectivity index (χ4v) is 4.39. The van der Waals surface area contributed by atoms with Gasteiger partial charge in [0.25, 0.3) is 0 Å². The Morgan fingerprint density at radius 1 is 1.22 bits per heavy atom. The van der Waals surface area contributed by atoms with Crippen molar-refractivity contribution < 1.29 is 19.1 Å². The van der Waals surface area contributed by atoms with Crippen LogP contribution < -0.4 is 0 Å². The number of esters is 2. The summed E-state index contributed by atoms with van der Waals surface area (Å²) in [6, 6.07) is 0. The van der Waals surface area contributed by atoms with Crippen LogP contribution in [-0.2, 0) is 19.1 Å². The highest BCUT2D eigenvalue weighted by molar-refractivity contribution is 7.99. The number of ether oxygens (including phenoxy) is 2. The number of hydrogen-bond acceptors (Lipinski definition) is 5. The predicted molar refractivity (Wildman–Crippen MR) is 113 cm³/mol. The normalized spacial score (nSPS) is 21.1. The minimum atomic E-state index is -0.460. The van der Waals surface area contributed by atoms with E-state index in [1.807, 2.05) is 6.92 Å². The van der Waals surface area contributed by atoms with E-state index in [1.54, 1.807) is 11.8 Å². The van der Waals surface area contributed by atoms with Gasteiger partial charge in [-0.2, -0.15) is 11.8 Å². The molecule has 1 fully saturated rings. The highest BCUT2D eigenvalue weighted by Gasteiger charge is 2.48. The molecule has 4 nitrogen and oxygen atoms in total. The number of carbonyl (C=O) groups is 2. The van der Waals surface area contributed by atoms with E-state index in [2.05, 4.69) is 37.5 Å². The highest BCUT2D eigenvalue weighted by Crippen LogP contribution is 2.43. The summed E-state index contributed by atoms with van der Waals surface area (Å²) >= 11 is 1.73. The summed E-state index contributed by atoms with van der Waals surface area (Å²) in [7, 11) is 0. The maximum Gasteiger partial charge on any atom is 0.313 e. The molecule has 154 valence electrons. The molecule has 0 amide bonds. The van der Waals surface area contributed by atoms with Crippen LogP contribution in [-0.4, -0.2) is 36.7 Å². The van der Waals surface area contributed by atoms with Crippen LogP contribution in [0.5, 0.6) is 0 Å². The number of cyclic esters (lactones) is 1. The number of unbranched alkanes of at least 4 members (excludes halogenated alkanes) is 4. The quantitative estimate of drug-likeness (QED) is 0.221. The Balaban J connectivity index is 2.58. The van der Waals surface area contributed by atoms with Gasteiger partial charge in [0.2, 0.25) is 0 Å². The molecule has 0 radical (unpaired) electrons. The summed E-state index contributed by atoms with van der Waals surface area (Å²) in [5, 5.41) is 0.137. The van der Waals surface area contributed by atoms with Crippen molar-refractivity contribution in [3.8, 4) is 0 Å². The highest BCUT2D eigenvalue weighted by atomic mass is 32.2. The molecule has 2 atom stereocenters. The lowest BCUT2D eigenvalue weighted by Crippen LogP contribution is -2.36. The van der Waals surface area contributed by atoms with E-state index >= 15 is 0 Å². The zero-order valence-corrected chi connectivity index (χ0v) is 18.0. The van der Waals surface area contributed by atoms with Crippen molar-refractivity contribution in [1.29, 1.82) is 0 Å². The van der Waals surface area contributed by atoms with Gasteiger partial charge >= 0.3 is 11.9 Å². The summed E-state index contributed by atoms with van der Waals surface area (Å²) in [6.07, 6.45) is 18.9. The molecule has 0 aromatic rings. The first kappa shape index (κ1) is 23.8. The summed E-state index contributed by atoms with van der Waals surface area (Å²) in [6.45, 7) is 4.97. The molecule has 0 bridgehead atoms. The average molecular weight is 397 g/mol. The Kier molecular flexibility index (Phi) is 12.2. The lowest BCUT2D eigenvalue weighted by atomic mass is 9.79. The molecular formula is C22H36O4S. The van der Waals surface area contributed by atoms with Crippen LogP contribution in [0.4, 0.5) is 0 Å². The molecule has 0 N–H and O–H groups in total. The number of rotatable bonds is 14. The van der Waals surface area contributed by atoms with Crippen LogP contribution in [0.25, 0.3) is 0 Å². The summed E-state index contributed by atoms with van der Waals surface area (Å²) in [5.74, 6) is -0.214. The molecule has 1 heterocycles. The van der Waals surface area contributed by atoms with Gasteiger partial charge in [-0.25, -0.2) is 0 Å². The Morgan fingerprint density at radius 2 is 2.00 bits per heavy atom. The van der Waals surface area contributed by atoms with Crippen LogP contribution in [0.2, 0.25) is 0 Å². The second kappa shape index (κ2) is 13.9. The topological polar surface area (TPSA) is 52.6 Å². The Morgan fingerprint density at radius 3 is 2.63 bits per heavy atom. The first-order valence-corrected chi connectivity index (χ1v) is 11.6. The van der Waals surface area contributed by atoms with Gasteiger partial charge in [-0.15, -0.1) is 0 Å². The van der Waals surface area contributed by atoms with E-state index in [4.69, 9.17) is 9.47 Å². The SMILES string of the molecule is CCCCC/C=C/C(SC)C1(CC=CCCCC(=O)OCC)CCOC1=O. The van der Waals surface area contributed by atoms with Gasteiger partial charge in [0.05, 0.1) is 18.6 Å². The van der Waals surface area contributed by atoms with Crippen molar-refractivity contribution >= 4 is 23.7 Å². The van der Waals surface area contributed by atoms with Crippen molar-refractivity contribution in [2.75, 3.05) is 19.5 Å². The third-order valence-corrected chi connectivity index (χ3v) is 6.09. The first-order chi connectivity index (χ1) is 13.1. The maximum atomic E-state index is 12.5. The summed E-state index contributed by atoms with van der Waals surface area (Å²) in [5.41, 5.74) is -0.460. The van der Waals surface area contributed by atoms with E-state index in [1.165, 1.54) is 19.3 Å². The van der Waals surface area contributed by atoms with Gasteiger partial charge in [0.1, 0.15) is 0 Å². The molecule has 1 aliphatic heterocycles. The molecule has 1 aliphatic rings. The van der Waals surface area contributed by atoms with Crippen LogP contribution in [0.15, 0.2) is 24.3 Å². The number of allylic oxidation sites excluding steroid dienone is 3. The fraction of sp³-hybridized carbons (Fsp3) is 0.727. The minimum Gasteiger partial charge on any atom is -0.466 e. The predicted octanol–water partition coefficient (Wildman–Crippen LogP) is 5.47. The van der Waals surface area contributed by atoms with E-state index in [9.17, 15) is 9.59 Å². The van der Waals surface area contributed by atoms with Crippen LogP contribution in [0.1, 0.15) is 71.6 Å². The molecule has 2 unspecified atom stereocenters. The van der Waals surface area contributed by atoms with Gasteiger partial charge < -0.3 is 9.47 Å². The van der Waals surface area contributed by atoms with Gasteiger partial charge in [0, 0.05) is 11.7 Å². The largest absolute Gasteiger partial charge is 0.466 e. The second-order valence-corrected chi connectivity index (χ2v) is 7.97. The molecule has 27 heavy (non-hydrogen) atoms. The van der Waals surface area contributed by atoms with Crippen LogP contribution in [0, 0.1) is 5.41 Å². The minimum absolute atomic E-state index is 0.0729. The lowest BCUT2D eigenvalue weighted by molar-refractivity contribution is -0.146. The molecule has 0 saturated carbocycles. The second-order valence-electron chi connectivity index (χ2n) is 7.00. The molecule has 5 heteroatoms. The average Bonchev–Trinajstić information content (AvgIpc) is 3.02. The third kappa shape index (κ3) is 8.12. The van der Waals surface area contributed by atoms with Crippen LogP contribution in [0.3, 0.4) is 0 Å². The van der Waals surface area contributed by atoms with Crippen molar-refractivity contribution in [2.45, 2.75) is 76.9 Å². The van der Waals surface area contributed by atoms with E-state index in [-0.39, 0.29) is 17.2 Å². The molecular weight excluding hydrogens is 360 g/mol. The van der Waals surface area contributed by atoms with Crippen molar-refractivity contribution in [3.05, 3.63) is 24.3 Å². The molecule has 0 aromatic carbocycles. The Labute approximate surface area is 169 Å². The number of carbonyl (C=O) groups excluding carboxylic acids is 2. The summed E-state index contributed by atoms with van der Waals surface area (Å²) in [4.78, 5) is 23.9. The monoisotopic (exact) mass is 396 g/mol. The third-order valence-electron chi connectivity index (χ3n) is 4.98. The summed E-state index contributed by atoms with van der Waals surface area (Å²) < 4.78 is 10.3. The van der Waals surface area contributed by atoms with Gasteiger partial charge in [-0.1, -0.05) is 44.1 Å². The molecule has 0 aromatic heterocycles. The van der Waals surface area contributed by atoms with Crippen molar-refractivity contribution in [3.63, 3.8) is 0 Å². The van der Waals surface area contributed by atoms with Gasteiger partial charge in [-0.3, -0.25) is 9.59 Å². The van der Waals surface area contributed by atoms with Gasteiger partial charge in [-0.05, 0) is 51.7 Å². The lowest BCUT2D eigenvalue weighted by Gasteiger charge is -2.30. The molecule has 1 saturated heterocycles. The van der Waals surface area contributed by atoms with Gasteiger partial charge in [0.15, 0.2) is 0 Å². The zero-order chi connectivity index (χ0) is 20.0. The molecule has 0 spiro atoms. The Bertz CT molecular complexity index is 501. The van der Waals surface area contributed by atoms with E-state index in [0.29, 0.717) is 26.1 Å². The van der Waals surface area contributed by atoms with E-state index in [0.717, 1.165) is 25.7 Å². The van der Waals surface area contributed by atoms with Crippen molar-refractivity contribution in [2.24, 2.45) is 5.41 Å². The first-order valence-electron chi connectivity index (χ1n) is 10.3. The number of thioether (sulfide) groups is 1. The van der Waals surface area contributed by atoms with Crippen molar-refractivity contribution in [1.82, 2.24) is 0 Å². The smallest absolute Gasteiger partial charge is 0.313 e. The van der Waals surface area contributed by atoms with E-state index < -0.39 is 5.41 Å². The fourth-order valence-electron chi connectivity index (χ4n) is 3.36. The maximum absolute atomic E-state index is 12.5. The molecule has 1 rings (SSSR count). The standard InChI is InChI=1S/C22H36O4S/c1-4-6-7-8-11-14-19(27-3)22(17-18-26-21(22)24)16-13-10-9-12-15-20(23)25-5-2/h10-11,13-14,19H,4-9,12,15-18H2,1-3H3/b13-10?,14-11+.